The quantitative estimate of drug-likeness (QED) is 0.146. The average molecular weight is 446 g/mol. The lowest BCUT2D eigenvalue weighted by atomic mass is 9.99. The maximum atomic E-state index is 12.5. The van der Waals surface area contributed by atoms with Gasteiger partial charge in [0.05, 0.1) is 12.5 Å². The zero-order chi connectivity index (χ0) is 24.1. The van der Waals surface area contributed by atoms with Gasteiger partial charge in [-0.15, -0.1) is 0 Å². The fourth-order valence-corrected chi connectivity index (χ4v) is 2.59. The van der Waals surface area contributed by atoms with E-state index in [0.29, 0.717) is 25.8 Å². The first-order valence-corrected chi connectivity index (χ1v) is 10.3. The molecular formula is C19H35N5O7. The van der Waals surface area contributed by atoms with Crippen LogP contribution in [-0.4, -0.2) is 70.6 Å². The monoisotopic (exact) mass is 445 g/mol. The second-order valence-electron chi connectivity index (χ2n) is 7.48. The summed E-state index contributed by atoms with van der Waals surface area (Å²) in [6, 6.07) is -4.57. The summed E-state index contributed by atoms with van der Waals surface area (Å²) >= 11 is 0. The molecule has 0 aliphatic carbocycles. The Labute approximate surface area is 181 Å². The third-order valence-corrected chi connectivity index (χ3v) is 4.89. The molecule has 0 aromatic heterocycles. The smallest absolute Gasteiger partial charge is 0.326 e. The number of rotatable bonds is 15. The number of hydrogen-bond donors (Lipinski definition) is 7. The van der Waals surface area contributed by atoms with E-state index in [2.05, 4.69) is 16.0 Å². The van der Waals surface area contributed by atoms with Crippen molar-refractivity contribution >= 4 is 29.7 Å². The topological polar surface area (TPSA) is 214 Å². The molecule has 0 fully saturated rings. The molecule has 0 radical (unpaired) electrons. The average Bonchev–Trinajstić information content (AvgIpc) is 2.70. The number of nitrogens with two attached hydrogens (primary N) is 2. The van der Waals surface area contributed by atoms with Crippen LogP contribution in [-0.2, 0) is 24.0 Å². The summed E-state index contributed by atoms with van der Waals surface area (Å²) in [7, 11) is 0. The molecule has 0 aromatic rings. The van der Waals surface area contributed by atoms with Crippen LogP contribution in [0.25, 0.3) is 0 Å². The summed E-state index contributed by atoms with van der Waals surface area (Å²) in [4.78, 5) is 59.2. The van der Waals surface area contributed by atoms with E-state index in [1.165, 1.54) is 6.92 Å². The van der Waals surface area contributed by atoms with Gasteiger partial charge in [0.15, 0.2) is 0 Å². The predicted octanol–water partition coefficient (Wildman–Crippen LogP) is -1.48. The fourth-order valence-electron chi connectivity index (χ4n) is 2.59. The highest BCUT2D eigenvalue weighted by atomic mass is 16.4. The number of carboxylic acid groups (broad SMARTS) is 2. The van der Waals surface area contributed by atoms with Gasteiger partial charge in [0.1, 0.15) is 18.1 Å². The van der Waals surface area contributed by atoms with E-state index in [0.717, 1.165) is 0 Å². The van der Waals surface area contributed by atoms with Crippen LogP contribution in [0, 0.1) is 5.92 Å². The van der Waals surface area contributed by atoms with Gasteiger partial charge in [0, 0.05) is 0 Å². The second-order valence-corrected chi connectivity index (χ2v) is 7.48. The van der Waals surface area contributed by atoms with Crippen molar-refractivity contribution in [1.29, 1.82) is 0 Å². The van der Waals surface area contributed by atoms with E-state index in [9.17, 15) is 24.0 Å². The first-order chi connectivity index (χ1) is 14.4. The summed E-state index contributed by atoms with van der Waals surface area (Å²) < 4.78 is 0. The van der Waals surface area contributed by atoms with Gasteiger partial charge in [0.2, 0.25) is 17.7 Å². The molecule has 0 rings (SSSR count). The van der Waals surface area contributed by atoms with Crippen molar-refractivity contribution < 1.29 is 34.2 Å². The van der Waals surface area contributed by atoms with Gasteiger partial charge in [-0.05, 0) is 38.6 Å². The van der Waals surface area contributed by atoms with Gasteiger partial charge >= 0.3 is 11.9 Å². The van der Waals surface area contributed by atoms with Crippen molar-refractivity contribution in [3.63, 3.8) is 0 Å². The van der Waals surface area contributed by atoms with Gasteiger partial charge in [-0.2, -0.15) is 0 Å². The molecule has 31 heavy (non-hydrogen) atoms. The molecule has 0 aromatic carbocycles. The molecule has 5 atom stereocenters. The Kier molecular flexibility index (Phi) is 13.0. The maximum absolute atomic E-state index is 12.5. The molecule has 0 heterocycles. The lowest BCUT2D eigenvalue weighted by Gasteiger charge is -2.24. The number of carboxylic acids is 2. The van der Waals surface area contributed by atoms with Crippen LogP contribution in [0.15, 0.2) is 0 Å². The molecule has 5 unspecified atom stereocenters. The molecule has 0 spiro atoms. The molecule has 0 saturated carbocycles. The summed E-state index contributed by atoms with van der Waals surface area (Å²) in [5.74, 6) is -5.01. The zero-order valence-corrected chi connectivity index (χ0v) is 18.2. The normalized spacial score (nSPS) is 15.6. The Bertz CT molecular complexity index is 643. The van der Waals surface area contributed by atoms with E-state index in [-0.39, 0.29) is 12.3 Å². The minimum absolute atomic E-state index is 0.0905. The molecule has 0 aliphatic heterocycles. The first kappa shape index (κ1) is 28.3. The third-order valence-electron chi connectivity index (χ3n) is 4.89. The highest BCUT2D eigenvalue weighted by Crippen LogP contribution is 2.06. The number of aliphatic carboxylic acids is 2. The SMILES string of the molecule is CCC(C)C(N)C(=O)NC(C)C(=O)NC(CCCCN)C(=O)NC(CC(=O)O)C(=O)O. The molecule has 178 valence electrons. The van der Waals surface area contributed by atoms with Gasteiger partial charge in [-0.25, -0.2) is 4.79 Å². The molecule has 0 aliphatic rings. The van der Waals surface area contributed by atoms with E-state index in [4.69, 9.17) is 21.7 Å². The van der Waals surface area contributed by atoms with Crippen LogP contribution in [0.5, 0.6) is 0 Å². The maximum Gasteiger partial charge on any atom is 0.326 e. The molecule has 9 N–H and O–H groups in total. The lowest BCUT2D eigenvalue weighted by molar-refractivity contribution is -0.147. The molecule has 0 bridgehead atoms. The van der Waals surface area contributed by atoms with Crippen LogP contribution in [0.3, 0.4) is 0 Å². The number of unbranched alkanes of at least 4 members (excludes halogenated alkanes) is 1. The van der Waals surface area contributed by atoms with Crippen molar-refractivity contribution in [3.8, 4) is 0 Å². The van der Waals surface area contributed by atoms with E-state index in [1.807, 2.05) is 13.8 Å². The molecular weight excluding hydrogens is 410 g/mol. The number of carbonyl (C=O) groups excluding carboxylic acids is 3. The first-order valence-electron chi connectivity index (χ1n) is 10.3. The van der Waals surface area contributed by atoms with Crippen molar-refractivity contribution in [3.05, 3.63) is 0 Å². The number of hydrogen-bond acceptors (Lipinski definition) is 7. The number of carbonyl (C=O) groups is 5. The van der Waals surface area contributed by atoms with Crippen LogP contribution in [0.1, 0.15) is 52.9 Å². The Balaban J connectivity index is 5.17. The predicted molar refractivity (Wildman–Crippen MR) is 112 cm³/mol. The van der Waals surface area contributed by atoms with Crippen molar-refractivity contribution in [2.24, 2.45) is 17.4 Å². The summed E-state index contributed by atoms with van der Waals surface area (Å²) in [5.41, 5.74) is 11.3. The number of amides is 3. The Hall–Kier alpha value is -2.73. The molecule has 12 nitrogen and oxygen atoms in total. The second kappa shape index (κ2) is 14.3. The standard InChI is InChI=1S/C19H35N5O7/c1-4-10(2)15(21)18(29)22-11(3)16(27)23-12(7-5-6-8-20)17(28)24-13(19(30)31)9-14(25)26/h10-13,15H,4-9,20-21H2,1-3H3,(H,22,29)(H,23,27)(H,24,28)(H,25,26)(H,30,31). The fraction of sp³-hybridized carbons (Fsp3) is 0.737. The lowest BCUT2D eigenvalue weighted by Crippen LogP contribution is -2.57. The Morgan fingerprint density at radius 1 is 0.871 bits per heavy atom. The van der Waals surface area contributed by atoms with Crippen molar-refractivity contribution in [1.82, 2.24) is 16.0 Å². The van der Waals surface area contributed by atoms with Gasteiger partial charge < -0.3 is 37.6 Å². The zero-order valence-electron chi connectivity index (χ0n) is 18.2. The van der Waals surface area contributed by atoms with E-state index < -0.39 is 60.2 Å². The summed E-state index contributed by atoms with van der Waals surface area (Å²) in [5, 5.41) is 25.0. The third kappa shape index (κ3) is 10.7. The molecule has 3 amide bonds. The van der Waals surface area contributed by atoms with Gasteiger partial charge in [-0.1, -0.05) is 20.3 Å². The largest absolute Gasteiger partial charge is 0.481 e. The van der Waals surface area contributed by atoms with Crippen LogP contribution >= 0.6 is 0 Å². The minimum atomic E-state index is -1.65. The van der Waals surface area contributed by atoms with E-state index >= 15 is 0 Å². The van der Waals surface area contributed by atoms with E-state index in [1.54, 1.807) is 0 Å². The van der Waals surface area contributed by atoms with Crippen LogP contribution in [0.2, 0.25) is 0 Å². The molecule has 12 heteroatoms. The van der Waals surface area contributed by atoms with Gasteiger partial charge in [0.25, 0.3) is 0 Å². The Morgan fingerprint density at radius 2 is 1.45 bits per heavy atom. The van der Waals surface area contributed by atoms with Crippen molar-refractivity contribution in [2.45, 2.75) is 77.0 Å². The van der Waals surface area contributed by atoms with Crippen molar-refractivity contribution in [2.75, 3.05) is 6.54 Å². The highest BCUT2D eigenvalue weighted by Gasteiger charge is 2.30. The number of nitrogens with one attached hydrogen (secondary N) is 3. The van der Waals surface area contributed by atoms with Crippen LogP contribution < -0.4 is 27.4 Å². The summed E-state index contributed by atoms with van der Waals surface area (Å²) in [6.45, 7) is 5.48. The Morgan fingerprint density at radius 3 is 1.94 bits per heavy atom. The van der Waals surface area contributed by atoms with Gasteiger partial charge in [-0.3, -0.25) is 19.2 Å². The van der Waals surface area contributed by atoms with Crippen LogP contribution in [0.4, 0.5) is 0 Å². The summed E-state index contributed by atoms with van der Waals surface area (Å²) in [6.07, 6.45) is 1.05. The minimum Gasteiger partial charge on any atom is -0.481 e. The highest BCUT2D eigenvalue weighted by molar-refractivity contribution is 5.94. The molecule has 0 saturated heterocycles.